The number of halogens is 4. The van der Waals surface area contributed by atoms with Crippen molar-refractivity contribution in [3.8, 4) is 0 Å². The van der Waals surface area contributed by atoms with E-state index >= 15 is 0 Å². The Labute approximate surface area is 157 Å². The second-order valence-corrected chi connectivity index (χ2v) is 5.11. The molecule has 0 aliphatic heterocycles. The molecule has 0 saturated heterocycles. The standard InChI is InChI=1S/C13H15F3N4O2S.HI/c1-23-12(17)20-19-11(22)7-6-10(21)18-9-5-3-2-4-8(9)13(14,15)16;/h2-5H,6-7H2,1H3,(H2,17,20)(H,18,21)(H,19,22);1H. The average molecular weight is 476 g/mol. The number of carbonyl (C=O) groups excluding carboxylic acids is 2. The Morgan fingerprint density at radius 2 is 1.79 bits per heavy atom. The molecular formula is C13H16F3IN4O2S. The molecule has 0 spiro atoms. The third kappa shape index (κ3) is 7.86. The summed E-state index contributed by atoms with van der Waals surface area (Å²) in [5.41, 5.74) is 6.18. The topological polar surface area (TPSA) is 96.6 Å². The molecule has 0 atom stereocenters. The van der Waals surface area contributed by atoms with Gasteiger partial charge in [0.25, 0.3) is 0 Å². The minimum absolute atomic E-state index is 0. The SMILES string of the molecule is CS/C(N)=N/NC(=O)CCC(=O)Nc1ccccc1C(F)(F)F.I. The third-order valence-corrected chi connectivity index (χ3v) is 3.10. The monoisotopic (exact) mass is 476 g/mol. The van der Waals surface area contributed by atoms with Crippen molar-refractivity contribution in [2.45, 2.75) is 19.0 Å². The first-order chi connectivity index (χ1) is 10.7. The summed E-state index contributed by atoms with van der Waals surface area (Å²) in [5.74, 6) is -1.28. The van der Waals surface area contributed by atoms with Gasteiger partial charge in [-0.05, 0) is 18.4 Å². The fourth-order valence-electron chi connectivity index (χ4n) is 1.50. The van der Waals surface area contributed by atoms with Crippen molar-refractivity contribution in [3.63, 3.8) is 0 Å². The van der Waals surface area contributed by atoms with Crippen molar-refractivity contribution in [2.75, 3.05) is 11.6 Å². The van der Waals surface area contributed by atoms with E-state index in [4.69, 9.17) is 5.73 Å². The van der Waals surface area contributed by atoms with E-state index in [1.807, 2.05) is 0 Å². The highest BCUT2D eigenvalue weighted by molar-refractivity contribution is 14.0. The van der Waals surface area contributed by atoms with Gasteiger partial charge in [-0.2, -0.15) is 13.2 Å². The smallest absolute Gasteiger partial charge is 0.377 e. The maximum atomic E-state index is 12.8. The van der Waals surface area contributed by atoms with Crippen LogP contribution in [-0.4, -0.2) is 23.2 Å². The Morgan fingerprint density at radius 3 is 2.38 bits per heavy atom. The number of hydrazone groups is 1. The molecule has 1 rings (SSSR count). The van der Waals surface area contributed by atoms with E-state index in [1.54, 1.807) is 6.26 Å². The zero-order valence-corrected chi connectivity index (χ0v) is 15.7. The molecule has 11 heteroatoms. The summed E-state index contributed by atoms with van der Waals surface area (Å²) in [6.07, 6.45) is -3.43. The van der Waals surface area contributed by atoms with Crippen molar-refractivity contribution >= 4 is 58.4 Å². The van der Waals surface area contributed by atoms with Gasteiger partial charge in [0.05, 0.1) is 11.3 Å². The van der Waals surface area contributed by atoms with Crippen LogP contribution in [0.1, 0.15) is 18.4 Å². The number of amidine groups is 1. The quantitative estimate of drug-likeness (QED) is 0.264. The molecule has 134 valence electrons. The number of hydrogen-bond donors (Lipinski definition) is 3. The van der Waals surface area contributed by atoms with Gasteiger partial charge in [0.15, 0.2) is 5.17 Å². The predicted octanol–water partition coefficient (Wildman–Crippen LogP) is 2.75. The average Bonchev–Trinajstić information content (AvgIpc) is 2.50. The number of para-hydroxylation sites is 1. The van der Waals surface area contributed by atoms with Crippen LogP contribution in [0.3, 0.4) is 0 Å². The third-order valence-electron chi connectivity index (χ3n) is 2.59. The van der Waals surface area contributed by atoms with Crippen LogP contribution in [-0.2, 0) is 15.8 Å². The van der Waals surface area contributed by atoms with Crippen LogP contribution in [0.4, 0.5) is 18.9 Å². The maximum Gasteiger partial charge on any atom is 0.418 e. The van der Waals surface area contributed by atoms with Gasteiger partial charge in [-0.15, -0.1) is 29.1 Å². The summed E-state index contributed by atoms with van der Waals surface area (Å²) < 4.78 is 38.3. The molecule has 0 unspecified atom stereocenters. The van der Waals surface area contributed by atoms with E-state index in [0.717, 1.165) is 23.9 Å². The number of nitrogens with zero attached hydrogens (tertiary/aromatic N) is 1. The summed E-state index contributed by atoms with van der Waals surface area (Å²) in [6, 6.07) is 4.60. The van der Waals surface area contributed by atoms with Gasteiger partial charge in [-0.3, -0.25) is 9.59 Å². The zero-order valence-electron chi connectivity index (χ0n) is 12.5. The highest BCUT2D eigenvalue weighted by atomic mass is 127. The predicted molar refractivity (Wildman–Crippen MR) is 98.0 cm³/mol. The van der Waals surface area contributed by atoms with Crippen molar-refractivity contribution in [1.29, 1.82) is 0 Å². The van der Waals surface area contributed by atoms with Crippen LogP contribution in [0.5, 0.6) is 0 Å². The molecule has 0 aromatic heterocycles. The number of nitrogens with two attached hydrogens (primary N) is 1. The summed E-state index contributed by atoms with van der Waals surface area (Å²) in [7, 11) is 0. The lowest BCUT2D eigenvalue weighted by atomic mass is 10.1. The van der Waals surface area contributed by atoms with Crippen LogP contribution in [0.25, 0.3) is 0 Å². The number of hydrogen-bond acceptors (Lipinski definition) is 4. The van der Waals surface area contributed by atoms with Gasteiger partial charge >= 0.3 is 6.18 Å². The Hall–Kier alpha value is -1.50. The number of carbonyl (C=O) groups is 2. The van der Waals surface area contributed by atoms with Crippen LogP contribution in [0.15, 0.2) is 29.4 Å². The molecular weight excluding hydrogens is 460 g/mol. The lowest BCUT2D eigenvalue weighted by Crippen LogP contribution is -2.23. The fourth-order valence-corrected chi connectivity index (χ4v) is 1.64. The van der Waals surface area contributed by atoms with Crippen molar-refractivity contribution in [2.24, 2.45) is 10.8 Å². The van der Waals surface area contributed by atoms with E-state index < -0.39 is 23.6 Å². The van der Waals surface area contributed by atoms with E-state index in [9.17, 15) is 22.8 Å². The van der Waals surface area contributed by atoms with E-state index in [1.165, 1.54) is 12.1 Å². The summed E-state index contributed by atoms with van der Waals surface area (Å²) in [4.78, 5) is 23.1. The first-order valence-electron chi connectivity index (χ1n) is 6.36. The Balaban J connectivity index is 0.00000529. The number of benzene rings is 1. The van der Waals surface area contributed by atoms with Crippen molar-refractivity contribution in [1.82, 2.24) is 5.43 Å². The molecule has 0 fully saturated rings. The highest BCUT2D eigenvalue weighted by Crippen LogP contribution is 2.34. The molecule has 1 aromatic carbocycles. The number of anilines is 1. The fraction of sp³-hybridized carbons (Fsp3) is 0.308. The summed E-state index contributed by atoms with van der Waals surface area (Å²) in [5, 5.41) is 5.81. The second-order valence-electron chi connectivity index (χ2n) is 4.28. The molecule has 0 heterocycles. The van der Waals surface area contributed by atoms with Crippen LogP contribution < -0.4 is 16.5 Å². The molecule has 0 aliphatic carbocycles. The molecule has 0 bridgehead atoms. The van der Waals surface area contributed by atoms with Gasteiger partial charge < -0.3 is 11.1 Å². The maximum absolute atomic E-state index is 12.8. The number of nitrogens with one attached hydrogen (secondary N) is 2. The number of amides is 2. The van der Waals surface area contributed by atoms with Crippen LogP contribution >= 0.6 is 35.7 Å². The molecule has 1 aromatic rings. The molecule has 2 amide bonds. The largest absolute Gasteiger partial charge is 0.418 e. The van der Waals surface area contributed by atoms with E-state index in [2.05, 4.69) is 15.8 Å². The number of rotatable bonds is 5. The minimum Gasteiger partial charge on any atom is -0.377 e. The van der Waals surface area contributed by atoms with Gasteiger partial charge in [-0.25, -0.2) is 5.43 Å². The van der Waals surface area contributed by atoms with Gasteiger partial charge in [0.1, 0.15) is 0 Å². The molecule has 6 nitrogen and oxygen atoms in total. The molecule has 24 heavy (non-hydrogen) atoms. The van der Waals surface area contributed by atoms with E-state index in [-0.39, 0.29) is 47.7 Å². The van der Waals surface area contributed by atoms with Crippen LogP contribution in [0.2, 0.25) is 0 Å². The van der Waals surface area contributed by atoms with Crippen LogP contribution in [0, 0.1) is 0 Å². The van der Waals surface area contributed by atoms with Gasteiger partial charge in [-0.1, -0.05) is 23.9 Å². The Kier molecular flexibility index (Phi) is 9.73. The molecule has 0 aliphatic rings. The van der Waals surface area contributed by atoms with Gasteiger partial charge in [0.2, 0.25) is 11.8 Å². The summed E-state index contributed by atoms with van der Waals surface area (Å²) >= 11 is 1.12. The zero-order chi connectivity index (χ0) is 17.5. The number of alkyl halides is 3. The second kappa shape index (κ2) is 10.4. The minimum atomic E-state index is -4.58. The molecule has 0 radical (unpaired) electrons. The van der Waals surface area contributed by atoms with Gasteiger partial charge in [0, 0.05) is 12.8 Å². The molecule has 0 saturated carbocycles. The number of thioether (sulfide) groups is 1. The van der Waals surface area contributed by atoms with E-state index in [0.29, 0.717) is 0 Å². The molecule has 4 N–H and O–H groups in total. The first kappa shape index (κ1) is 22.5. The lowest BCUT2D eigenvalue weighted by molar-refractivity contribution is -0.137. The highest BCUT2D eigenvalue weighted by Gasteiger charge is 2.33. The Bertz CT molecular complexity index is 611. The normalized spacial score (nSPS) is 11.4. The van der Waals surface area contributed by atoms with Crippen molar-refractivity contribution < 1.29 is 22.8 Å². The lowest BCUT2D eigenvalue weighted by Gasteiger charge is -2.13. The first-order valence-corrected chi connectivity index (χ1v) is 7.58. The Morgan fingerprint density at radius 1 is 1.21 bits per heavy atom. The summed E-state index contributed by atoms with van der Waals surface area (Å²) in [6.45, 7) is 0. The van der Waals surface area contributed by atoms with Crippen molar-refractivity contribution in [3.05, 3.63) is 29.8 Å².